The number of hydrogen-bond acceptors (Lipinski definition) is 5. The lowest BCUT2D eigenvalue weighted by Crippen LogP contribution is -2.40. The number of rotatable bonds is 5. The van der Waals surface area contributed by atoms with E-state index in [1.54, 1.807) is 0 Å². The van der Waals surface area contributed by atoms with Gasteiger partial charge in [-0.05, 0) is 12.8 Å². The predicted octanol–water partition coefficient (Wildman–Crippen LogP) is -1.91. The first kappa shape index (κ1) is 12.9. The minimum atomic E-state index is -1.08. The molecule has 0 aromatic rings. The Bertz CT molecular complexity index is 269. The van der Waals surface area contributed by atoms with Crippen LogP contribution in [-0.2, 0) is 14.3 Å². The average molecular weight is 233 g/mol. The first-order valence-corrected chi connectivity index (χ1v) is 4.99. The SMILES string of the molecule is O=C(O)C1CCC(C(=O)NCC(O)CO)O1. The Morgan fingerprint density at radius 3 is 2.50 bits per heavy atom. The van der Waals surface area contributed by atoms with Gasteiger partial charge in [0.1, 0.15) is 6.10 Å². The molecule has 1 aliphatic rings. The van der Waals surface area contributed by atoms with Crippen molar-refractivity contribution in [2.45, 2.75) is 31.2 Å². The molecule has 7 nitrogen and oxygen atoms in total. The summed E-state index contributed by atoms with van der Waals surface area (Å²) < 4.78 is 4.99. The van der Waals surface area contributed by atoms with E-state index in [4.69, 9.17) is 20.1 Å². The van der Waals surface area contributed by atoms with Gasteiger partial charge in [0.15, 0.2) is 6.10 Å². The highest BCUT2D eigenvalue weighted by Gasteiger charge is 2.34. The maximum absolute atomic E-state index is 11.4. The number of aliphatic carboxylic acids is 1. The zero-order valence-electron chi connectivity index (χ0n) is 8.63. The molecule has 0 saturated carbocycles. The molecular formula is C9H15NO6. The Morgan fingerprint density at radius 1 is 1.38 bits per heavy atom. The van der Waals surface area contributed by atoms with Gasteiger partial charge in [-0.25, -0.2) is 4.79 Å². The topological polar surface area (TPSA) is 116 Å². The second-order valence-electron chi connectivity index (χ2n) is 3.61. The summed E-state index contributed by atoms with van der Waals surface area (Å²) >= 11 is 0. The number of carbonyl (C=O) groups excluding carboxylic acids is 1. The number of hydrogen-bond donors (Lipinski definition) is 4. The largest absolute Gasteiger partial charge is 0.479 e. The Morgan fingerprint density at radius 2 is 2.00 bits per heavy atom. The van der Waals surface area contributed by atoms with Crippen LogP contribution in [-0.4, -0.2) is 58.7 Å². The van der Waals surface area contributed by atoms with Crippen LogP contribution in [0.1, 0.15) is 12.8 Å². The van der Waals surface area contributed by atoms with Crippen molar-refractivity contribution in [2.75, 3.05) is 13.2 Å². The maximum Gasteiger partial charge on any atom is 0.332 e. The van der Waals surface area contributed by atoms with Crippen LogP contribution in [0.25, 0.3) is 0 Å². The fraction of sp³-hybridized carbons (Fsp3) is 0.778. The van der Waals surface area contributed by atoms with Crippen LogP contribution in [0, 0.1) is 0 Å². The highest BCUT2D eigenvalue weighted by atomic mass is 16.5. The van der Waals surface area contributed by atoms with E-state index in [1.165, 1.54) is 0 Å². The molecule has 0 aliphatic carbocycles. The van der Waals surface area contributed by atoms with Crippen LogP contribution >= 0.6 is 0 Å². The monoisotopic (exact) mass is 233 g/mol. The summed E-state index contributed by atoms with van der Waals surface area (Å²) in [6.07, 6.45) is -2.08. The van der Waals surface area contributed by atoms with Crippen LogP contribution in [0.2, 0.25) is 0 Å². The molecule has 92 valence electrons. The number of aliphatic hydroxyl groups is 2. The summed E-state index contributed by atoms with van der Waals surface area (Å²) in [4.78, 5) is 22.0. The van der Waals surface area contributed by atoms with Crippen LogP contribution < -0.4 is 5.32 Å². The van der Waals surface area contributed by atoms with Crippen LogP contribution in [0.4, 0.5) is 0 Å². The number of nitrogens with one attached hydrogen (secondary N) is 1. The first-order chi connectivity index (χ1) is 7.54. The number of carbonyl (C=O) groups is 2. The quantitative estimate of drug-likeness (QED) is 0.440. The summed E-state index contributed by atoms with van der Waals surface area (Å²) in [6, 6.07) is 0. The predicted molar refractivity (Wildman–Crippen MR) is 51.6 cm³/mol. The number of amides is 1. The minimum Gasteiger partial charge on any atom is -0.479 e. The minimum absolute atomic E-state index is 0.0765. The van der Waals surface area contributed by atoms with E-state index >= 15 is 0 Å². The standard InChI is InChI=1S/C9H15NO6/c11-4-5(12)3-10-8(13)6-1-2-7(16-6)9(14)15/h5-7,11-12H,1-4H2,(H,10,13)(H,14,15). The molecule has 0 bridgehead atoms. The Hall–Kier alpha value is -1.18. The molecule has 0 aromatic carbocycles. The van der Waals surface area contributed by atoms with Gasteiger partial charge in [-0.1, -0.05) is 0 Å². The Kier molecular flexibility index (Phi) is 4.66. The van der Waals surface area contributed by atoms with Crippen molar-refractivity contribution in [3.05, 3.63) is 0 Å². The molecule has 1 heterocycles. The van der Waals surface area contributed by atoms with Crippen molar-refractivity contribution < 1.29 is 29.6 Å². The molecule has 1 aliphatic heterocycles. The van der Waals surface area contributed by atoms with E-state index in [0.717, 1.165) is 0 Å². The van der Waals surface area contributed by atoms with Gasteiger partial charge in [0.2, 0.25) is 5.91 Å². The molecule has 1 rings (SSSR count). The van der Waals surface area contributed by atoms with Crippen molar-refractivity contribution in [1.82, 2.24) is 5.32 Å². The van der Waals surface area contributed by atoms with Crippen molar-refractivity contribution >= 4 is 11.9 Å². The van der Waals surface area contributed by atoms with E-state index in [1.807, 2.05) is 0 Å². The maximum atomic E-state index is 11.4. The Labute approximate surface area is 92.0 Å². The molecule has 4 N–H and O–H groups in total. The van der Waals surface area contributed by atoms with Gasteiger partial charge in [-0.3, -0.25) is 4.79 Å². The van der Waals surface area contributed by atoms with Gasteiger partial charge < -0.3 is 25.4 Å². The lowest BCUT2D eigenvalue weighted by atomic mass is 10.2. The lowest BCUT2D eigenvalue weighted by molar-refractivity contribution is -0.151. The molecule has 3 atom stereocenters. The van der Waals surface area contributed by atoms with Crippen LogP contribution in [0.3, 0.4) is 0 Å². The Balaban J connectivity index is 2.31. The highest BCUT2D eigenvalue weighted by Crippen LogP contribution is 2.19. The van der Waals surface area contributed by atoms with E-state index in [0.29, 0.717) is 12.8 Å². The van der Waals surface area contributed by atoms with Crippen LogP contribution in [0.5, 0.6) is 0 Å². The normalized spacial score (nSPS) is 26.4. The average Bonchev–Trinajstić information content (AvgIpc) is 2.74. The van der Waals surface area contributed by atoms with Crippen LogP contribution in [0.15, 0.2) is 0 Å². The summed E-state index contributed by atoms with van der Waals surface area (Å²) in [6.45, 7) is -0.517. The molecule has 3 unspecified atom stereocenters. The van der Waals surface area contributed by atoms with Crippen molar-refractivity contribution in [2.24, 2.45) is 0 Å². The van der Waals surface area contributed by atoms with Gasteiger partial charge in [-0.2, -0.15) is 0 Å². The van der Waals surface area contributed by atoms with Gasteiger partial charge in [0.05, 0.1) is 12.7 Å². The number of carboxylic acid groups (broad SMARTS) is 1. The molecule has 1 amide bonds. The van der Waals surface area contributed by atoms with Crippen molar-refractivity contribution in [3.8, 4) is 0 Å². The fourth-order valence-electron chi connectivity index (χ4n) is 1.41. The first-order valence-electron chi connectivity index (χ1n) is 4.99. The second-order valence-corrected chi connectivity index (χ2v) is 3.61. The van der Waals surface area contributed by atoms with Gasteiger partial charge in [0, 0.05) is 6.54 Å². The third-order valence-electron chi connectivity index (χ3n) is 2.31. The molecule has 0 spiro atoms. The fourth-order valence-corrected chi connectivity index (χ4v) is 1.41. The summed E-state index contributed by atoms with van der Waals surface area (Å²) in [5.74, 6) is -1.54. The number of aliphatic hydroxyl groups excluding tert-OH is 2. The van der Waals surface area contributed by atoms with E-state index in [-0.39, 0.29) is 6.54 Å². The zero-order valence-corrected chi connectivity index (χ0v) is 8.63. The summed E-state index contributed by atoms with van der Waals surface area (Å²) in [7, 11) is 0. The van der Waals surface area contributed by atoms with Crippen molar-refractivity contribution in [3.63, 3.8) is 0 Å². The van der Waals surface area contributed by atoms with Gasteiger partial charge >= 0.3 is 5.97 Å². The van der Waals surface area contributed by atoms with Gasteiger partial charge in [-0.15, -0.1) is 0 Å². The number of ether oxygens (including phenoxy) is 1. The molecule has 16 heavy (non-hydrogen) atoms. The van der Waals surface area contributed by atoms with Gasteiger partial charge in [0.25, 0.3) is 0 Å². The molecule has 0 radical (unpaired) electrons. The molecule has 1 fully saturated rings. The third kappa shape index (κ3) is 3.44. The zero-order chi connectivity index (χ0) is 12.1. The molecule has 1 saturated heterocycles. The van der Waals surface area contributed by atoms with E-state index in [9.17, 15) is 9.59 Å². The third-order valence-corrected chi connectivity index (χ3v) is 2.31. The smallest absolute Gasteiger partial charge is 0.332 e. The molecule has 0 aromatic heterocycles. The molecule has 7 heteroatoms. The summed E-state index contributed by atoms with van der Waals surface area (Å²) in [5, 5.41) is 28.5. The lowest BCUT2D eigenvalue weighted by Gasteiger charge is -2.13. The highest BCUT2D eigenvalue weighted by molar-refractivity contribution is 5.82. The number of carboxylic acids is 1. The van der Waals surface area contributed by atoms with E-state index < -0.39 is 36.8 Å². The summed E-state index contributed by atoms with van der Waals surface area (Å²) in [5.41, 5.74) is 0. The van der Waals surface area contributed by atoms with Crippen molar-refractivity contribution in [1.29, 1.82) is 0 Å². The van der Waals surface area contributed by atoms with E-state index in [2.05, 4.69) is 5.32 Å². The second kappa shape index (κ2) is 5.78. The molecular weight excluding hydrogens is 218 g/mol.